The summed E-state index contributed by atoms with van der Waals surface area (Å²) in [5.41, 5.74) is 0.911. The van der Waals surface area contributed by atoms with Crippen LogP contribution in [0.15, 0.2) is 72.4 Å². The molecule has 1 aliphatic rings. The molecule has 0 radical (unpaired) electrons. The number of nitrogens with zero attached hydrogens (tertiary/aromatic N) is 2. The first-order valence-corrected chi connectivity index (χ1v) is 11.6. The molecule has 1 atom stereocenters. The maximum atomic E-state index is 13.4. The van der Waals surface area contributed by atoms with Gasteiger partial charge in [-0.1, -0.05) is 19.1 Å². The van der Waals surface area contributed by atoms with E-state index in [0.29, 0.717) is 17.9 Å². The Hall–Kier alpha value is -4.66. The van der Waals surface area contributed by atoms with Crippen molar-refractivity contribution in [1.82, 2.24) is 4.98 Å². The standard InChI is InChI=1S/C28H26N2O7/c1-4-14-37-28(34)17-8-7-9-18(15-17)30-24(21-10-5-6-13-29-21)23(26(32)27(30)33)25(31)20-12-11-19(35-2)16-22(20)36-3/h5-13,15-16,24,31H,4,14H2,1-3H3/b25-23-. The summed E-state index contributed by atoms with van der Waals surface area (Å²) in [5.74, 6) is -1.99. The van der Waals surface area contributed by atoms with Crippen LogP contribution in [0.25, 0.3) is 5.76 Å². The summed E-state index contributed by atoms with van der Waals surface area (Å²) in [6.07, 6.45) is 2.19. The third-order valence-electron chi connectivity index (χ3n) is 5.87. The molecule has 1 fully saturated rings. The van der Waals surface area contributed by atoms with Crippen LogP contribution in [0.1, 0.15) is 41.0 Å². The molecule has 4 rings (SSSR count). The fourth-order valence-corrected chi connectivity index (χ4v) is 4.12. The molecule has 1 amide bonds. The molecule has 1 aliphatic heterocycles. The number of aliphatic hydroxyl groups excluding tert-OH is 1. The maximum absolute atomic E-state index is 13.4. The van der Waals surface area contributed by atoms with Gasteiger partial charge in [0.05, 0.1) is 43.2 Å². The van der Waals surface area contributed by atoms with E-state index in [9.17, 15) is 19.5 Å². The summed E-state index contributed by atoms with van der Waals surface area (Å²) in [5, 5.41) is 11.4. The third-order valence-corrected chi connectivity index (χ3v) is 5.87. The molecule has 9 heteroatoms. The fourth-order valence-electron chi connectivity index (χ4n) is 4.12. The average Bonchev–Trinajstić information content (AvgIpc) is 3.21. The molecule has 37 heavy (non-hydrogen) atoms. The van der Waals surface area contributed by atoms with E-state index in [1.54, 1.807) is 54.6 Å². The first-order valence-electron chi connectivity index (χ1n) is 11.6. The van der Waals surface area contributed by atoms with Crippen LogP contribution >= 0.6 is 0 Å². The number of Topliss-reactive ketones (excluding diaryl/α,β-unsaturated/α-hetero) is 1. The molecule has 1 saturated heterocycles. The van der Waals surface area contributed by atoms with Gasteiger partial charge in [0, 0.05) is 18.0 Å². The Morgan fingerprint density at radius 3 is 2.51 bits per heavy atom. The predicted molar refractivity (Wildman–Crippen MR) is 136 cm³/mol. The lowest BCUT2D eigenvalue weighted by Crippen LogP contribution is -2.30. The summed E-state index contributed by atoms with van der Waals surface area (Å²) < 4.78 is 15.8. The molecule has 3 aromatic rings. The second-order valence-corrected chi connectivity index (χ2v) is 8.18. The molecule has 0 aliphatic carbocycles. The van der Waals surface area contributed by atoms with Gasteiger partial charge >= 0.3 is 5.97 Å². The van der Waals surface area contributed by atoms with Crippen LogP contribution in [0.2, 0.25) is 0 Å². The zero-order valence-corrected chi connectivity index (χ0v) is 20.6. The van der Waals surface area contributed by atoms with Gasteiger partial charge in [0.1, 0.15) is 23.3 Å². The minimum absolute atomic E-state index is 0.161. The van der Waals surface area contributed by atoms with Crippen molar-refractivity contribution in [3.05, 3.63) is 89.3 Å². The number of benzene rings is 2. The Bertz CT molecular complexity index is 1370. The van der Waals surface area contributed by atoms with Crippen molar-refractivity contribution in [2.45, 2.75) is 19.4 Å². The lowest BCUT2D eigenvalue weighted by atomic mass is 9.97. The van der Waals surface area contributed by atoms with E-state index in [0.717, 1.165) is 0 Å². The molecule has 1 N–H and O–H groups in total. The lowest BCUT2D eigenvalue weighted by molar-refractivity contribution is -0.132. The Labute approximate surface area is 213 Å². The molecule has 1 unspecified atom stereocenters. The number of hydrogen-bond donors (Lipinski definition) is 1. The molecule has 2 aromatic carbocycles. The molecular weight excluding hydrogens is 476 g/mol. The van der Waals surface area contributed by atoms with E-state index in [-0.39, 0.29) is 34.7 Å². The number of esters is 1. The Kier molecular flexibility index (Phi) is 7.52. The minimum Gasteiger partial charge on any atom is -0.507 e. The maximum Gasteiger partial charge on any atom is 0.338 e. The summed E-state index contributed by atoms with van der Waals surface area (Å²) in [7, 11) is 2.91. The first-order chi connectivity index (χ1) is 17.9. The number of ether oxygens (including phenoxy) is 3. The Balaban J connectivity index is 1.89. The molecular formula is C28H26N2O7. The molecule has 0 bridgehead atoms. The summed E-state index contributed by atoms with van der Waals surface area (Å²) in [6.45, 7) is 2.14. The highest BCUT2D eigenvalue weighted by atomic mass is 16.5. The number of aromatic nitrogens is 1. The van der Waals surface area contributed by atoms with E-state index in [2.05, 4.69) is 4.98 Å². The molecule has 0 saturated carbocycles. The largest absolute Gasteiger partial charge is 0.507 e. The van der Waals surface area contributed by atoms with Gasteiger partial charge in [0.15, 0.2) is 0 Å². The van der Waals surface area contributed by atoms with Crippen molar-refractivity contribution >= 4 is 29.1 Å². The van der Waals surface area contributed by atoms with Crippen molar-refractivity contribution in [2.75, 3.05) is 25.7 Å². The van der Waals surface area contributed by atoms with Crippen LogP contribution in [0.3, 0.4) is 0 Å². The molecule has 2 heterocycles. The van der Waals surface area contributed by atoms with Gasteiger partial charge in [-0.15, -0.1) is 0 Å². The van der Waals surface area contributed by atoms with Gasteiger partial charge in [-0.2, -0.15) is 0 Å². The summed E-state index contributed by atoms with van der Waals surface area (Å²) in [6, 6.07) is 15.0. The summed E-state index contributed by atoms with van der Waals surface area (Å²) in [4.78, 5) is 44.8. The highest BCUT2D eigenvalue weighted by Gasteiger charge is 2.48. The van der Waals surface area contributed by atoms with E-state index in [4.69, 9.17) is 14.2 Å². The SMILES string of the molecule is CCCOC(=O)c1cccc(N2C(=O)C(=O)/C(=C(\O)c3ccc(OC)cc3OC)C2c2ccccn2)c1. The summed E-state index contributed by atoms with van der Waals surface area (Å²) >= 11 is 0. The van der Waals surface area contributed by atoms with Gasteiger partial charge < -0.3 is 19.3 Å². The van der Waals surface area contributed by atoms with Gasteiger partial charge in [0.25, 0.3) is 11.7 Å². The van der Waals surface area contributed by atoms with Crippen molar-refractivity contribution in [2.24, 2.45) is 0 Å². The quantitative estimate of drug-likeness (QED) is 0.210. The van der Waals surface area contributed by atoms with Crippen LogP contribution in [0, 0.1) is 0 Å². The second-order valence-electron chi connectivity index (χ2n) is 8.18. The Morgan fingerprint density at radius 1 is 1.03 bits per heavy atom. The number of ketones is 1. The number of carbonyl (C=O) groups is 3. The predicted octanol–water partition coefficient (Wildman–Crippen LogP) is 4.29. The van der Waals surface area contributed by atoms with Crippen LogP contribution in [-0.2, 0) is 14.3 Å². The number of aliphatic hydroxyl groups is 1. The number of rotatable bonds is 8. The van der Waals surface area contributed by atoms with Crippen LogP contribution in [0.5, 0.6) is 11.5 Å². The zero-order chi connectivity index (χ0) is 26.5. The number of carbonyl (C=O) groups excluding carboxylic acids is 3. The highest BCUT2D eigenvalue weighted by Crippen LogP contribution is 2.43. The fraction of sp³-hybridized carbons (Fsp3) is 0.214. The molecule has 9 nitrogen and oxygen atoms in total. The molecule has 1 aromatic heterocycles. The van der Waals surface area contributed by atoms with Crippen molar-refractivity contribution in [3.63, 3.8) is 0 Å². The van der Waals surface area contributed by atoms with Crippen LogP contribution in [-0.4, -0.2) is 48.6 Å². The van der Waals surface area contributed by atoms with Crippen molar-refractivity contribution in [1.29, 1.82) is 0 Å². The van der Waals surface area contributed by atoms with Crippen LogP contribution in [0.4, 0.5) is 5.69 Å². The monoisotopic (exact) mass is 502 g/mol. The minimum atomic E-state index is -1.06. The number of anilines is 1. The Morgan fingerprint density at radius 2 is 1.84 bits per heavy atom. The van der Waals surface area contributed by atoms with E-state index < -0.39 is 29.5 Å². The van der Waals surface area contributed by atoms with E-state index >= 15 is 0 Å². The van der Waals surface area contributed by atoms with Gasteiger partial charge in [-0.3, -0.25) is 19.5 Å². The number of amides is 1. The topological polar surface area (TPSA) is 115 Å². The highest BCUT2D eigenvalue weighted by molar-refractivity contribution is 6.51. The van der Waals surface area contributed by atoms with Gasteiger partial charge in [-0.05, 0) is 48.9 Å². The zero-order valence-electron chi connectivity index (χ0n) is 20.6. The lowest BCUT2D eigenvalue weighted by Gasteiger charge is -2.25. The van der Waals surface area contributed by atoms with E-state index in [1.165, 1.54) is 31.4 Å². The molecule has 190 valence electrons. The number of pyridine rings is 1. The van der Waals surface area contributed by atoms with Gasteiger partial charge in [0.2, 0.25) is 0 Å². The number of methoxy groups -OCH3 is 2. The average molecular weight is 503 g/mol. The second kappa shape index (κ2) is 10.9. The van der Waals surface area contributed by atoms with Crippen molar-refractivity contribution < 1.29 is 33.7 Å². The first kappa shape index (κ1) is 25.4. The smallest absolute Gasteiger partial charge is 0.338 e. The van der Waals surface area contributed by atoms with Crippen molar-refractivity contribution in [3.8, 4) is 11.5 Å². The third kappa shape index (κ3) is 4.88. The van der Waals surface area contributed by atoms with Crippen LogP contribution < -0.4 is 14.4 Å². The van der Waals surface area contributed by atoms with E-state index in [1.807, 2.05) is 6.92 Å². The molecule has 0 spiro atoms. The normalized spacial score (nSPS) is 16.5. The van der Waals surface area contributed by atoms with Gasteiger partial charge in [-0.25, -0.2) is 4.79 Å². The number of hydrogen-bond acceptors (Lipinski definition) is 8.